The van der Waals surface area contributed by atoms with E-state index in [1.165, 1.54) is 24.2 Å². The third-order valence-corrected chi connectivity index (χ3v) is 4.84. The predicted molar refractivity (Wildman–Crippen MR) is 78.2 cm³/mol. The number of carbonyl (C=O) groups is 1. The van der Waals surface area contributed by atoms with Crippen molar-refractivity contribution in [3.8, 4) is 0 Å². The van der Waals surface area contributed by atoms with E-state index >= 15 is 0 Å². The van der Waals surface area contributed by atoms with E-state index in [0.717, 1.165) is 30.2 Å². The Morgan fingerprint density at radius 3 is 2.84 bits per heavy atom. The summed E-state index contributed by atoms with van der Waals surface area (Å²) in [5, 5.41) is 5.75. The van der Waals surface area contributed by atoms with Crippen LogP contribution < -0.4 is 11.1 Å². The molecule has 1 heterocycles. The first kappa shape index (κ1) is 14.5. The molecule has 106 valence electrons. The lowest BCUT2D eigenvalue weighted by molar-refractivity contribution is 0.0918. The molecular weight excluding hydrogens is 258 g/mol. The van der Waals surface area contributed by atoms with Gasteiger partial charge in [0.25, 0.3) is 5.91 Å². The van der Waals surface area contributed by atoms with Gasteiger partial charge in [-0.2, -0.15) is 0 Å². The number of carbonyl (C=O) groups excluding carboxylic acids is 1. The van der Waals surface area contributed by atoms with Crippen molar-refractivity contribution >= 4 is 17.2 Å². The number of nitrogens with one attached hydrogen (secondary N) is 1. The van der Waals surface area contributed by atoms with Crippen LogP contribution in [0, 0.1) is 5.92 Å². The summed E-state index contributed by atoms with van der Waals surface area (Å²) in [5.74, 6) is 0.743. The summed E-state index contributed by atoms with van der Waals surface area (Å²) in [6.07, 6.45) is 5.41. The molecule has 0 spiro atoms. The Morgan fingerprint density at radius 1 is 1.53 bits per heavy atom. The number of hydrogen-bond acceptors (Lipinski definition) is 4. The summed E-state index contributed by atoms with van der Waals surface area (Å²) in [4.78, 5) is 16.5. The van der Waals surface area contributed by atoms with Gasteiger partial charge in [0.1, 0.15) is 10.7 Å². The molecule has 0 saturated heterocycles. The minimum absolute atomic E-state index is 0.0506. The lowest BCUT2D eigenvalue weighted by Gasteiger charge is -2.26. The van der Waals surface area contributed by atoms with Crippen molar-refractivity contribution in [1.82, 2.24) is 10.3 Å². The number of thiazole rings is 1. The molecule has 1 fully saturated rings. The molecular formula is C14H23N3OS. The van der Waals surface area contributed by atoms with Crippen LogP contribution in [0.2, 0.25) is 0 Å². The second-order valence-electron chi connectivity index (χ2n) is 5.52. The Hall–Kier alpha value is -0.940. The van der Waals surface area contributed by atoms with Gasteiger partial charge in [-0.1, -0.05) is 13.8 Å². The summed E-state index contributed by atoms with van der Waals surface area (Å²) in [6.45, 7) is 4.30. The van der Waals surface area contributed by atoms with E-state index in [9.17, 15) is 4.79 Å². The normalized spacial score (nSPS) is 25.0. The van der Waals surface area contributed by atoms with Crippen molar-refractivity contribution in [3.63, 3.8) is 0 Å². The molecule has 0 aliphatic heterocycles. The van der Waals surface area contributed by atoms with Crippen LogP contribution in [0.4, 0.5) is 0 Å². The maximum atomic E-state index is 12.1. The third-order valence-electron chi connectivity index (χ3n) is 3.86. The summed E-state index contributed by atoms with van der Waals surface area (Å²) in [7, 11) is 0. The zero-order valence-corrected chi connectivity index (χ0v) is 12.5. The van der Waals surface area contributed by atoms with E-state index in [4.69, 9.17) is 5.73 Å². The van der Waals surface area contributed by atoms with Gasteiger partial charge in [0, 0.05) is 11.4 Å². The molecule has 1 saturated carbocycles. The zero-order valence-electron chi connectivity index (χ0n) is 11.7. The molecule has 0 bridgehead atoms. The molecule has 1 aromatic rings. The fraction of sp³-hybridized carbons (Fsp3) is 0.714. The van der Waals surface area contributed by atoms with Crippen LogP contribution in [0.5, 0.6) is 0 Å². The molecule has 1 aliphatic rings. The summed E-state index contributed by atoms with van der Waals surface area (Å²) >= 11 is 1.48. The highest BCUT2D eigenvalue weighted by molar-refractivity contribution is 7.09. The number of nitrogens with zero attached hydrogens (tertiary/aromatic N) is 1. The van der Waals surface area contributed by atoms with Crippen molar-refractivity contribution < 1.29 is 4.79 Å². The molecule has 1 aromatic heterocycles. The molecule has 1 unspecified atom stereocenters. The molecule has 19 heavy (non-hydrogen) atoms. The van der Waals surface area contributed by atoms with E-state index in [1.54, 1.807) is 0 Å². The zero-order chi connectivity index (χ0) is 13.8. The number of aromatic nitrogens is 1. The average molecular weight is 281 g/mol. The maximum Gasteiger partial charge on any atom is 0.270 e. The van der Waals surface area contributed by atoms with Crippen molar-refractivity contribution in [2.75, 3.05) is 0 Å². The van der Waals surface area contributed by atoms with Crippen molar-refractivity contribution in [2.24, 2.45) is 11.7 Å². The van der Waals surface area contributed by atoms with Gasteiger partial charge in [0.15, 0.2) is 0 Å². The predicted octanol–water partition coefficient (Wildman–Crippen LogP) is 2.86. The van der Waals surface area contributed by atoms with Crippen LogP contribution in [-0.2, 0) is 0 Å². The van der Waals surface area contributed by atoms with E-state index in [2.05, 4.69) is 17.2 Å². The summed E-state index contributed by atoms with van der Waals surface area (Å²) in [6, 6.07) is 0.260. The molecule has 1 aliphatic carbocycles. The first-order valence-electron chi connectivity index (χ1n) is 7.12. The molecule has 0 aromatic carbocycles. The van der Waals surface area contributed by atoms with Gasteiger partial charge in [-0.05, 0) is 38.0 Å². The van der Waals surface area contributed by atoms with Crippen LogP contribution in [0.1, 0.15) is 67.5 Å². The Kier molecular flexibility index (Phi) is 4.93. The smallest absolute Gasteiger partial charge is 0.270 e. The maximum absolute atomic E-state index is 12.1. The van der Waals surface area contributed by atoms with Crippen LogP contribution in [0.25, 0.3) is 0 Å². The monoisotopic (exact) mass is 281 g/mol. The van der Waals surface area contributed by atoms with Crippen molar-refractivity contribution in [3.05, 3.63) is 16.1 Å². The highest BCUT2D eigenvalue weighted by atomic mass is 32.1. The Balaban J connectivity index is 1.91. The van der Waals surface area contributed by atoms with Crippen LogP contribution >= 0.6 is 11.3 Å². The number of hydrogen-bond donors (Lipinski definition) is 2. The molecule has 0 radical (unpaired) electrons. The molecule has 2 rings (SSSR count). The van der Waals surface area contributed by atoms with Gasteiger partial charge in [0.2, 0.25) is 0 Å². The first-order valence-corrected chi connectivity index (χ1v) is 8.00. The van der Waals surface area contributed by atoms with Crippen LogP contribution in [-0.4, -0.2) is 16.9 Å². The van der Waals surface area contributed by atoms with Crippen LogP contribution in [0.3, 0.4) is 0 Å². The number of rotatable bonds is 4. The SMILES string of the molecule is CCC(N)c1nc(C(=O)NC2CCC(C)CC2)cs1. The first-order chi connectivity index (χ1) is 9.10. The van der Waals surface area contributed by atoms with E-state index in [1.807, 2.05) is 12.3 Å². The lowest BCUT2D eigenvalue weighted by Crippen LogP contribution is -2.37. The number of amides is 1. The van der Waals surface area contributed by atoms with E-state index < -0.39 is 0 Å². The van der Waals surface area contributed by atoms with E-state index in [-0.39, 0.29) is 11.9 Å². The standard InChI is InChI=1S/C14H23N3OS/c1-3-11(15)14-17-12(8-19-14)13(18)16-10-6-4-9(2)5-7-10/h8-11H,3-7,15H2,1-2H3,(H,16,18). The topological polar surface area (TPSA) is 68.0 Å². The average Bonchev–Trinajstić information content (AvgIpc) is 2.90. The largest absolute Gasteiger partial charge is 0.348 e. The summed E-state index contributed by atoms with van der Waals surface area (Å²) in [5.41, 5.74) is 6.44. The van der Waals surface area contributed by atoms with Crippen molar-refractivity contribution in [2.45, 2.75) is 58.0 Å². The fourth-order valence-electron chi connectivity index (χ4n) is 2.40. The Bertz CT molecular complexity index is 424. The highest BCUT2D eigenvalue weighted by Crippen LogP contribution is 2.24. The second kappa shape index (κ2) is 6.48. The van der Waals surface area contributed by atoms with Gasteiger partial charge < -0.3 is 11.1 Å². The highest BCUT2D eigenvalue weighted by Gasteiger charge is 2.21. The number of nitrogens with two attached hydrogens (primary N) is 1. The second-order valence-corrected chi connectivity index (χ2v) is 6.41. The fourth-order valence-corrected chi connectivity index (χ4v) is 3.29. The van der Waals surface area contributed by atoms with Gasteiger partial charge in [-0.15, -0.1) is 11.3 Å². The molecule has 3 N–H and O–H groups in total. The third kappa shape index (κ3) is 3.76. The molecule has 4 nitrogen and oxygen atoms in total. The Labute approximate surface area is 118 Å². The Morgan fingerprint density at radius 2 is 2.21 bits per heavy atom. The van der Waals surface area contributed by atoms with E-state index in [0.29, 0.717) is 11.7 Å². The van der Waals surface area contributed by atoms with Crippen molar-refractivity contribution in [1.29, 1.82) is 0 Å². The van der Waals surface area contributed by atoms with Gasteiger partial charge in [-0.3, -0.25) is 4.79 Å². The molecule has 1 atom stereocenters. The minimum atomic E-state index is -0.0536. The van der Waals surface area contributed by atoms with Gasteiger partial charge in [-0.25, -0.2) is 4.98 Å². The molecule has 1 amide bonds. The quantitative estimate of drug-likeness (QED) is 0.891. The minimum Gasteiger partial charge on any atom is -0.348 e. The van der Waals surface area contributed by atoms with Gasteiger partial charge >= 0.3 is 0 Å². The lowest BCUT2D eigenvalue weighted by atomic mass is 9.87. The van der Waals surface area contributed by atoms with Crippen LogP contribution in [0.15, 0.2) is 5.38 Å². The summed E-state index contributed by atoms with van der Waals surface area (Å²) < 4.78 is 0. The molecule has 5 heteroatoms. The van der Waals surface area contributed by atoms with Gasteiger partial charge in [0.05, 0.1) is 6.04 Å².